The number of aryl methyl sites for hydroxylation is 2. The summed E-state index contributed by atoms with van der Waals surface area (Å²) < 4.78 is 1.57. The normalized spacial score (nSPS) is 12.3. The molecule has 3 aromatic rings. The van der Waals surface area contributed by atoms with Gasteiger partial charge in [0.25, 0.3) is 0 Å². The zero-order valence-electron chi connectivity index (χ0n) is 17.9. The molecular formula is C23H25N5O3. The molecule has 0 aliphatic carbocycles. The van der Waals surface area contributed by atoms with Crippen molar-refractivity contribution >= 4 is 17.4 Å². The van der Waals surface area contributed by atoms with Gasteiger partial charge < -0.3 is 21.1 Å². The summed E-state index contributed by atoms with van der Waals surface area (Å²) in [6.45, 7) is 9.21. The fraction of sp³-hybridized carbons (Fsp3) is 0.174. The number of benzene rings is 2. The lowest BCUT2D eigenvalue weighted by molar-refractivity contribution is 0.442. The van der Waals surface area contributed by atoms with Crippen LogP contribution in [0.1, 0.15) is 33.5 Å². The lowest BCUT2D eigenvalue weighted by atomic mass is 10.0. The van der Waals surface area contributed by atoms with E-state index in [-0.39, 0.29) is 34.6 Å². The molecule has 8 heteroatoms. The summed E-state index contributed by atoms with van der Waals surface area (Å²) in [5.41, 5.74) is 9.56. The van der Waals surface area contributed by atoms with E-state index in [1.54, 1.807) is 43.9 Å². The second kappa shape index (κ2) is 8.35. The summed E-state index contributed by atoms with van der Waals surface area (Å²) in [4.78, 5) is 8.93. The van der Waals surface area contributed by atoms with Gasteiger partial charge >= 0.3 is 0 Å². The number of phenolic OH excluding ortho intramolecular Hbond substituents is 3. The third-order valence-corrected chi connectivity index (χ3v) is 5.21. The standard InChI is InChI=1S/C23H25N5O3/c1-12-6-7-17(20(30)13(12)2)23(27-22(24)18-10-11-25-28(18)5)26-15(4)16-8-9-19(29)14(3)21(16)31/h6-11,29-31H,4H2,1-3,5H3,(H2,24,26,27). The highest BCUT2D eigenvalue weighted by Gasteiger charge is 2.17. The molecule has 0 bridgehead atoms. The van der Waals surface area contributed by atoms with Crippen molar-refractivity contribution in [3.8, 4) is 17.2 Å². The lowest BCUT2D eigenvalue weighted by Crippen LogP contribution is -2.20. The summed E-state index contributed by atoms with van der Waals surface area (Å²) in [7, 11) is 1.73. The molecule has 8 nitrogen and oxygen atoms in total. The van der Waals surface area contributed by atoms with Crippen molar-refractivity contribution in [3.63, 3.8) is 0 Å². The van der Waals surface area contributed by atoms with E-state index in [4.69, 9.17) is 5.73 Å². The number of nitrogens with zero attached hydrogens (tertiary/aromatic N) is 4. The van der Waals surface area contributed by atoms with Gasteiger partial charge in [-0.2, -0.15) is 5.10 Å². The molecule has 3 rings (SSSR count). The Morgan fingerprint density at radius 3 is 2.23 bits per heavy atom. The van der Waals surface area contributed by atoms with Crippen molar-refractivity contribution in [2.45, 2.75) is 20.8 Å². The zero-order valence-corrected chi connectivity index (χ0v) is 17.9. The van der Waals surface area contributed by atoms with Crippen molar-refractivity contribution in [1.82, 2.24) is 9.78 Å². The number of rotatable bonds is 4. The van der Waals surface area contributed by atoms with Gasteiger partial charge in [-0.25, -0.2) is 9.98 Å². The van der Waals surface area contributed by atoms with E-state index in [1.807, 2.05) is 13.0 Å². The van der Waals surface area contributed by atoms with Gasteiger partial charge in [0.1, 0.15) is 22.9 Å². The Bertz CT molecular complexity index is 1240. The maximum absolute atomic E-state index is 10.7. The van der Waals surface area contributed by atoms with Crippen LogP contribution in [0.4, 0.5) is 0 Å². The first-order valence-corrected chi connectivity index (χ1v) is 9.53. The average molecular weight is 419 g/mol. The van der Waals surface area contributed by atoms with Crippen LogP contribution in [0.2, 0.25) is 0 Å². The van der Waals surface area contributed by atoms with E-state index >= 15 is 0 Å². The third-order valence-electron chi connectivity index (χ3n) is 5.21. The van der Waals surface area contributed by atoms with E-state index < -0.39 is 0 Å². The zero-order chi connectivity index (χ0) is 22.9. The highest BCUT2D eigenvalue weighted by atomic mass is 16.3. The fourth-order valence-electron chi connectivity index (χ4n) is 3.03. The summed E-state index contributed by atoms with van der Waals surface area (Å²) in [5, 5.41) is 35.1. The molecule has 0 aliphatic rings. The van der Waals surface area contributed by atoms with Crippen molar-refractivity contribution in [3.05, 3.63) is 76.6 Å². The number of amidine groups is 2. The van der Waals surface area contributed by atoms with Gasteiger partial charge in [0.15, 0.2) is 11.7 Å². The molecule has 0 radical (unpaired) electrons. The number of nitrogens with two attached hydrogens (primary N) is 1. The number of phenols is 3. The Hall–Kier alpha value is -4.07. The largest absolute Gasteiger partial charge is 0.508 e. The molecule has 1 aromatic heterocycles. The Kier molecular flexibility index (Phi) is 5.83. The molecule has 0 aliphatic heterocycles. The molecule has 0 saturated heterocycles. The van der Waals surface area contributed by atoms with Crippen molar-refractivity contribution in [2.75, 3.05) is 0 Å². The van der Waals surface area contributed by atoms with Crippen LogP contribution in [0.25, 0.3) is 5.70 Å². The van der Waals surface area contributed by atoms with Crippen LogP contribution < -0.4 is 5.73 Å². The number of hydrogen-bond donors (Lipinski definition) is 4. The van der Waals surface area contributed by atoms with Gasteiger partial charge in [0, 0.05) is 24.4 Å². The number of aliphatic imine (C=N–C) groups is 2. The van der Waals surface area contributed by atoms with E-state index in [0.717, 1.165) is 5.56 Å². The van der Waals surface area contributed by atoms with Crippen LogP contribution >= 0.6 is 0 Å². The Morgan fingerprint density at radius 2 is 1.58 bits per heavy atom. The molecule has 0 spiro atoms. The molecule has 1 heterocycles. The Morgan fingerprint density at radius 1 is 0.935 bits per heavy atom. The monoisotopic (exact) mass is 419 g/mol. The van der Waals surface area contributed by atoms with Crippen LogP contribution in [0.5, 0.6) is 17.2 Å². The molecule has 160 valence electrons. The third kappa shape index (κ3) is 4.13. The molecule has 31 heavy (non-hydrogen) atoms. The minimum absolute atomic E-state index is 0.0271. The van der Waals surface area contributed by atoms with Crippen molar-refractivity contribution in [2.24, 2.45) is 22.8 Å². The van der Waals surface area contributed by atoms with E-state index in [9.17, 15) is 15.3 Å². The molecule has 5 N–H and O–H groups in total. The first-order chi connectivity index (χ1) is 14.6. The summed E-state index contributed by atoms with van der Waals surface area (Å²) in [5.74, 6) is 0.119. The van der Waals surface area contributed by atoms with Gasteiger partial charge in [-0.3, -0.25) is 4.68 Å². The maximum atomic E-state index is 10.7. The Labute approximate surface area is 180 Å². The highest BCUT2D eigenvalue weighted by Crippen LogP contribution is 2.34. The Balaban J connectivity index is 2.19. The molecule has 0 saturated carbocycles. The number of aromatic hydroxyl groups is 3. The van der Waals surface area contributed by atoms with Crippen LogP contribution in [-0.2, 0) is 7.05 Å². The minimum Gasteiger partial charge on any atom is -0.508 e. The average Bonchev–Trinajstić information content (AvgIpc) is 3.16. The number of hydrogen-bond acceptors (Lipinski definition) is 5. The van der Waals surface area contributed by atoms with Crippen LogP contribution in [-0.4, -0.2) is 36.8 Å². The summed E-state index contributed by atoms with van der Waals surface area (Å²) in [6.07, 6.45) is 1.60. The fourth-order valence-corrected chi connectivity index (χ4v) is 3.03. The molecule has 0 unspecified atom stereocenters. The topological polar surface area (TPSA) is 129 Å². The molecule has 2 aromatic carbocycles. The molecule has 0 amide bonds. The highest BCUT2D eigenvalue weighted by molar-refractivity contribution is 6.13. The van der Waals surface area contributed by atoms with Crippen LogP contribution in [0.3, 0.4) is 0 Å². The van der Waals surface area contributed by atoms with Gasteiger partial charge in [-0.05, 0) is 56.2 Å². The van der Waals surface area contributed by atoms with Gasteiger partial charge in [0.2, 0.25) is 0 Å². The quantitative estimate of drug-likeness (QED) is 0.381. The van der Waals surface area contributed by atoms with Gasteiger partial charge in [0.05, 0.1) is 11.3 Å². The minimum atomic E-state index is -0.138. The van der Waals surface area contributed by atoms with E-state index in [2.05, 4.69) is 21.7 Å². The molecular weight excluding hydrogens is 394 g/mol. The predicted molar refractivity (Wildman–Crippen MR) is 122 cm³/mol. The van der Waals surface area contributed by atoms with Crippen molar-refractivity contribution < 1.29 is 15.3 Å². The second-order valence-corrected chi connectivity index (χ2v) is 7.23. The van der Waals surface area contributed by atoms with Gasteiger partial charge in [-0.1, -0.05) is 12.6 Å². The molecule has 0 fully saturated rings. The lowest BCUT2D eigenvalue weighted by Gasteiger charge is -2.12. The number of aromatic nitrogens is 2. The predicted octanol–water partition coefficient (Wildman–Crippen LogP) is 3.29. The summed E-state index contributed by atoms with van der Waals surface area (Å²) in [6, 6.07) is 8.22. The van der Waals surface area contributed by atoms with Gasteiger partial charge in [-0.15, -0.1) is 0 Å². The molecule has 0 atom stereocenters. The maximum Gasteiger partial charge on any atom is 0.165 e. The first kappa shape index (κ1) is 21.6. The smallest absolute Gasteiger partial charge is 0.165 e. The summed E-state index contributed by atoms with van der Waals surface area (Å²) >= 11 is 0. The van der Waals surface area contributed by atoms with Crippen LogP contribution in [0, 0.1) is 20.8 Å². The second-order valence-electron chi connectivity index (χ2n) is 7.23. The first-order valence-electron chi connectivity index (χ1n) is 9.53. The van der Waals surface area contributed by atoms with E-state index in [1.165, 1.54) is 12.1 Å². The van der Waals surface area contributed by atoms with Crippen molar-refractivity contribution in [1.29, 1.82) is 0 Å². The van der Waals surface area contributed by atoms with E-state index in [0.29, 0.717) is 27.9 Å². The van der Waals surface area contributed by atoms with Crippen LogP contribution in [0.15, 0.2) is 53.1 Å². The SMILES string of the molecule is C=C(/N=C(\N=C(/N)c1ccnn1C)c1ccc(C)c(C)c1O)c1ccc(O)c(C)c1O.